The van der Waals surface area contributed by atoms with Gasteiger partial charge in [-0.3, -0.25) is 0 Å². The first-order chi connectivity index (χ1) is 11.6. The molecule has 0 radical (unpaired) electrons. The zero-order valence-electron chi connectivity index (χ0n) is 17.3. The van der Waals surface area contributed by atoms with Crippen molar-refractivity contribution in [3.63, 3.8) is 0 Å². The molecule has 1 N–H and O–H groups in total. The molecule has 0 aromatic carbocycles. The molecule has 24 heavy (non-hydrogen) atoms. The molecule has 0 atom stereocenters. The molecule has 0 aliphatic carbocycles. The van der Waals surface area contributed by atoms with Crippen LogP contribution in [0.15, 0.2) is 12.7 Å². The smallest absolute Gasteiger partial charge is 0.0304 e. The standard InChI is InChI=1S/C23H47N/c1-5-7-8-9-10-11-12-13-14-15-16-17-18-19-20-21-22-24-23(3,4)6-2/h6,24H,2,5,7-22H2,1,3-4H3. The highest BCUT2D eigenvalue weighted by Gasteiger charge is 2.09. The molecule has 0 amide bonds. The topological polar surface area (TPSA) is 12.0 Å². The average molecular weight is 338 g/mol. The van der Waals surface area contributed by atoms with Gasteiger partial charge in [0.15, 0.2) is 0 Å². The van der Waals surface area contributed by atoms with Gasteiger partial charge in [0.25, 0.3) is 0 Å². The summed E-state index contributed by atoms with van der Waals surface area (Å²) in [6.45, 7) is 11.7. The Labute approximate surface area is 154 Å². The Hall–Kier alpha value is -0.300. The zero-order chi connectivity index (χ0) is 17.9. The molecule has 0 fully saturated rings. The number of hydrogen-bond donors (Lipinski definition) is 1. The molecule has 0 unspecified atom stereocenters. The number of nitrogens with one attached hydrogen (secondary N) is 1. The summed E-state index contributed by atoms with van der Waals surface area (Å²) < 4.78 is 0. The molecular formula is C23H47N. The number of hydrogen-bond acceptors (Lipinski definition) is 1. The monoisotopic (exact) mass is 337 g/mol. The van der Waals surface area contributed by atoms with Crippen LogP contribution in [0, 0.1) is 0 Å². The maximum Gasteiger partial charge on any atom is 0.0304 e. The first-order valence-electron chi connectivity index (χ1n) is 11.0. The van der Waals surface area contributed by atoms with Gasteiger partial charge in [0, 0.05) is 5.54 Å². The third-order valence-corrected chi connectivity index (χ3v) is 5.12. The Balaban J connectivity index is 3.06. The minimum atomic E-state index is 0.0928. The Bertz CT molecular complexity index is 257. The summed E-state index contributed by atoms with van der Waals surface area (Å²) in [6, 6.07) is 0. The van der Waals surface area contributed by atoms with Gasteiger partial charge in [-0.05, 0) is 26.8 Å². The van der Waals surface area contributed by atoms with Crippen LogP contribution in [-0.4, -0.2) is 12.1 Å². The third-order valence-electron chi connectivity index (χ3n) is 5.12. The van der Waals surface area contributed by atoms with Crippen molar-refractivity contribution in [2.75, 3.05) is 6.54 Å². The molecule has 0 saturated heterocycles. The molecule has 1 nitrogen and oxygen atoms in total. The van der Waals surface area contributed by atoms with E-state index in [1.807, 2.05) is 6.08 Å². The highest BCUT2D eigenvalue weighted by molar-refractivity contribution is 4.94. The van der Waals surface area contributed by atoms with E-state index in [1.54, 1.807) is 0 Å². The van der Waals surface area contributed by atoms with E-state index >= 15 is 0 Å². The van der Waals surface area contributed by atoms with Crippen molar-refractivity contribution >= 4 is 0 Å². The van der Waals surface area contributed by atoms with Gasteiger partial charge in [0.2, 0.25) is 0 Å². The molecule has 0 heterocycles. The van der Waals surface area contributed by atoms with Crippen LogP contribution in [0.5, 0.6) is 0 Å². The molecule has 1 heteroatoms. The molecule has 0 aliphatic rings. The molecule has 0 rings (SSSR count). The van der Waals surface area contributed by atoms with Gasteiger partial charge in [0.1, 0.15) is 0 Å². The Kier molecular flexibility index (Phi) is 17.3. The first-order valence-corrected chi connectivity index (χ1v) is 11.0. The van der Waals surface area contributed by atoms with Crippen LogP contribution in [0.3, 0.4) is 0 Å². The summed E-state index contributed by atoms with van der Waals surface area (Å²) in [5.41, 5.74) is 0.0928. The van der Waals surface area contributed by atoms with E-state index < -0.39 is 0 Å². The SMILES string of the molecule is C=CC(C)(C)NCCCCCCCCCCCCCCCCCC. The molecular weight excluding hydrogens is 290 g/mol. The Morgan fingerprint density at radius 3 is 1.29 bits per heavy atom. The van der Waals surface area contributed by atoms with Crippen LogP contribution in [0.2, 0.25) is 0 Å². The van der Waals surface area contributed by atoms with Crippen LogP contribution in [-0.2, 0) is 0 Å². The van der Waals surface area contributed by atoms with Gasteiger partial charge >= 0.3 is 0 Å². The van der Waals surface area contributed by atoms with Crippen molar-refractivity contribution in [1.82, 2.24) is 5.32 Å². The van der Waals surface area contributed by atoms with Gasteiger partial charge in [-0.2, -0.15) is 0 Å². The fourth-order valence-electron chi connectivity index (χ4n) is 3.16. The van der Waals surface area contributed by atoms with Crippen molar-refractivity contribution in [3.8, 4) is 0 Å². The summed E-state index contributed by atoms with van der Waals surface area (Å²) in [6.07, 6.45) is 25.0. The van der Waals surface area contributed by atoms with Crippen LogP contribution in [0.25, 0.3) is 0 Å². The van der Waals surface area contributed by atoms with E-state index in [4.69, 9.17) is 0 Å². The molecule has 0 aliphatic heterocycles. The van der Waals surface area contributed by atoms with Crippen LogP contribution >= 0.6 is 0 Å². The lowest BCUT2D eigenvalue weighted by Gasteiger charge is -2.21. The molecule has 0 spiro atoms. The molecule has 144 valence electrons. The maximum atomic E-state index is 3.86. The van der Waals surface area contributed by atoms with Gasteiger partial charge in [-0.15, -0.1) is 6.58 Å². The predicted octanol–water partition coefficient (Wildman–Crippen LogP) is 7.80. The van der Waals surface area contributed by atoms with Gasteiger partial charge in [0.05, 0.1) is 0 Å². The summed E-state index contributed by atoms with van der Waals surface area (Å²) in [4.78, 5) is 0. The van der Waals surface area contributed by atoms with Gasteiger partial charge in [-0.1, -0.05) is 109 Å². The van der Waals surface area contributed by atoms with Gasteiger partial charge in [-0.25, -0.2) is 0 Å². The number of unbranched alkanes of at least 4 members (excludes halogenated alkanes) is 15. The quantitative estimate of drug-likeness (QED) is 0.187. The molecule has 0 aromatic rings. The van der Waals surface area contributed by atoms with Crippen LogP contribution in [0.4, 0.5) is 0 Å². The average Bonchev–Trinajstić information content (AvgIpc) is 2.57. The van der Waals surface area contributed by atoms with E-state index in [-0.39, 0.29) is 5.54 Å². The van der Waals surface area contributed by atoms with E-state index in [2.05, 4.69) is 32.7 Å². The van der Waals surface area contributed by atoms with Crippen molar-refractivity contribution in [2.24, 2.45) is 0 Å². The second-order valence-corrected chi connectivity index (χ2v) is 8.16. The normalized spacial score (nSPS) is 11.8. The summed E-state index contributed by atoms with van der Waals surface area (Å²) in [5.74, 6) is 0. The number of rotatable bonds is 19. The summed E-state index contributed by atoms with van der Waals surface area (Å²) >= 11 is 0. The molecule has 0 aromatic heterocycles. The summed E-state index contributed by atoms with van der Waals surface area (Å²) in [5, 5.41) is 3.54. The lowest BCUT2D eigenvalue weighted by atomic mass is 10.0. The van der Waals surface area contributed by atoms with Crippen LogP contribution < -0.4 is 5.32 Å². The largest absolute Gasteiger partial charge is 0.308 e. The van der Waals surface area contributed by atoms with Gasteiger partial charge < -0.3 is 5.32 Å². The minimum Gasteiger partial charge on any atom is -0.308 e. The third kappa shape index (κ3) is 18.0. The first kappa shape index (κ1) is 23.7. The van der Waals surface area contributed by atoms with E-state index in [0.29, 0.717) is 0 Å². The highest BCUT2D eigenvalue weighted by Crippen LogP contribution is 2.13. The van der Waals surface area contributed by atoms with Crippen molar-refractivity contribution in [2.45, 2.75) is 129 Å². The Morgan fingerprint density at radius 2 is 0.958 bits per heavy atom. The van der Waals surface area contributed by atoms with Crippen molar-refractivity contribution < 1.29 is 0 Å². The van der Waals surface area contributed by atoms with E-state index in [0.717, 1.165) is 6.54 Å². The predicted molar refractivity (Wildman–Crippen MR) is 112 cm³/mol. The van der Waals surface area contributed by atoms with Crippen molar-refractivity contribution in [3.05, 3.63) is 12.7 Å². The molecule has 0 bridgehead atoms. The fourth-order valence-corrected chi connectivity index (χ4v) is 3.16. The van der Waals surface area contributed by atoms with E-state index in [1.165, 1.54) is 103 Å². The second kappa shape index (κ2) is 17.5. The minimum absolute atomic E-state index is 0.0928. The Morgan fingerprint density at radius 1 is 0.625 bits per heavy atom. The van der Waals surface area contributed by atoms with Crippen LogP contribution in [0.1, 0.15) is 124 Å². The maximum absolute atomic E-state index is 3.86. The summed E-state index contributed by atoms with van der Waals surface area (Å²) in [7, 11) is 0. The fraction of sp³-hybridized carbons (Fsp3) is 0.913. The van der Waals surface area contributed by atoms with Crippen molar-refractivity contribution in [1.29, 1.82) is 0 Å². The van der Waals surface area contributed by atoms with E-state index in [9.17, 15) is 0 Å². The second-order valence-electron chi connectivity index (χ2n) is 8.16. The lowest BCUT2D eigenvalue weighted by Crippen LogP contribution is -2.37. The lowest BCUT2D eigenvalue weighted by molar-refractivity contribution is 0.456. The zero-order valence-corrected chi connectivity index (χ0v) is 17.3. The highest BCUT2D eigenvalue weighted by atomic mass is 14.9. The molecule has 0 saturated carbocycles.